The van der Waals surface area contributed by atoms with Gasteiger partial charge in [-0.1, -0.05) is 0 Å². The predicted octanol–water partition coefficient (Wildman–Crippen LogP) is 4.45. The Bertz CT molecular complexity index is 510. The SMILES string of the molecule is COC(=O)c1ccc(F)c(N=NSC(C)(C)C)c1C. The predicted molar refractivity (Wildman–Crippen MR) is 74.3 cm³/mol. The molecule has 0 atom stereocenters. The van der Waals surface area contributed by atoms with Crippen LogP contribution in [-0.4, -0.2) is 17.8 Å². The van der Waals surface area contributed by atoms with Gasteiger partial charge in [0.25, 0.3) is 0 Å². The molecule has 1 aromatic carbocycles. The van der Waals surface area contributed by atoms with Crippen LogP contribution in [-0.2, 0) is 4.74 Å². The van der Waals surface area contributed by atoms with Crippen LogP contribution in [0.2, 0.25) is 0 Å². The van der Waals surface area contributed by atoms with Crippen LogP contribution in [0, 0.1) is 12.7 Å². The van der Waals surface area contributed by atoms with Crippen molar-refractivity contribution in [3.63, 3.8) is 0 Å². The molecule has 0 radical (unpaired) electrons. The summed E-state index contributed by atoms with van der Waals surface area (Å²) in [5.74, 6) is -1.03. The number of benzene rings is 1. The second-order valence-corrected chi connectivity index (χ2v) is 6.52. The van der Waals surface area contributed by atoms with E-state index in [1.807, 2.05) is 20.8 Å². The third-order valence-electron chi connectivity index (χ3n) is 2.24. The van der Waals surface area contributed by atoms with Crippen molar-refractivity contribution in [2.24, 2.45) is 9.63 Å². The summed E-state index contributed by atoms with van der Waals surface area (Å²) in [7, 11) is 1.28. The Morgan fingerprint density at radius 3 is 2.53 bits per heavy atom. The molecule has 6 heteroatoms. The van der Waals surface area contributed by atoms with Crippen molar-refractivity contribution < 1.29 is 13.9 Å². The lowest BCUT2D eigenvalue weighted by Crippen LogP contribution is -2.05. The largest absolute Gasteiger partial charge is 0.465 e. The zero-order valence-electron chi connectivity index (χ0n) is 11.7. The summed E-state index contributed by atoms with van der Waals surface area (Å²) in [6, 6.07) is 2.57. The van der Waals surface area contributed by atoms with Gasteiger partial charge in [0.2, 0.25) is 0 Å². The molecule has 0 aliphatic carbocycles. The second-order valence-electron chi connectivity index (χ2n) is 4.95. The molecular weight excluding hydrogens is 267 g/mol. The van der Waals surface area contributed by atoms with Crippen molar-refractivity contribution >= 4 is 23.6 Å². The highest BCUT2D eigenvalue weighted by atomic mass is 32.2. The fourth-order valence-electron chi connectivity index (χ4n) is 1.30. The Balaban J connectivity index is 3.10. The molecule has 0 fully saturated rings. The maximum absolute atomic E-state index is 13.7. The lowest BCUT2D eigenvalue weighted by molar-refractivity contribution is 0.0600. The van der Waals surface area contributed by atoms with Crippen molar-refractivity contribution in [2.75, 3.05) is 7.11 Å². The van der Waals surface area contributed by atoms with Crippen molar-refractivity contribution in [1.29, 1.82) is 0 Å². The molecule has 0 unspecified atom stereocenters. The molecule has 0 N–H and O–H groups in total. The molecule has 4 nitrogen and oxygen atoms in total. The fourth-order valence-corrected chi connectivity index (χ4v) is 1.67. The van der Waals surface area contributed by atoms with E-state index in [2.05, 4.69) is 14.4 Å². The summed E-state index contributed by atoms with van der Waals surface area (Å²) in [5, 5.41) is 3.87. The van der Waals surface area contributed by atoms with Gasteiger partial charge in [0, 0.05) is 16.7 Å². The van der Waals surface area contributed by atoms with E-state index in [0.717, 1.165) is 0 Å². The van der Waals surface area contributed by atoms with Gasteiger partial charge in [-0.15, -0.1) is 9.63 Å². The number of esters is 1. The van der Waals surface area contributed by atoms with Crippen LogP contribution >= 0.6 is 11.9 Å². The molecular formula is C13H17FN2O2S. The summed E-state index contributed by atoms with van der Waals surface area (Å²) in [4.78, 5) is 11.5. The van der Waals surface area contributed by atoms with Crippen LogP contribution in [0.1, 0.15) is 36.7 Å². The van der Waals surface area contributed by atoms with Crippen molar-refractivity contribution in [1.82, 2.24) is 0 Å². The monoisotopic (exact) mass is 284 g/mol. The molecule has 0 amide bonds. The maximum Gasteiger partial charge on any atom is 0.338 e. The Hall–Kier alpha value is -1.43. The summed E-state index contributed by atoms with van der Waals surface area (Å²) in [6.45, 7) is 7.55. The quantitative estimate of drug-likeness (QED) is 0.468. The lowest BCUT2D eigenvalue weighted by atomic mass is 10.1. The topological polar surface area (TPSA) is 51.0 Å². The molecule has 0 aliphatic rings. The van der Waals surface area contributed by atoms with Gasteiger partial charge in [-0.25, -0.2) is 9.18 Å². The van der Waals surface area contributed by atoms with Gasteiger partial charge in [0.1, 0.15) is 5.69 Å². The minimum atomic E-state index is -0.516. The first-order chi connectivity index (χ1) is 8.76. The van der Waals surface area contributed by atoms with E-state index in [4.69, 9.17) is 0 Å². The standard InChI is InChI=1S/C13H17FN2O2S/c1-8-9(12(17)18-5)6-7-10(14)11(8)15-16-19-13(2,3)4/h6-7H,1-5H3. The van der Waals surface area contributed by atoms with E-state index in [1.165, 1.54) is 31.2 Å². The molecule has 0 saturated carbocycles. The summed E-state index contributed by atoms with van der Waals surface area (Å²) in [5.41, 5.74) is 0.781. The van der Waals surface area contributed by atoms with E-state index >= 15 is 0 Å². The van der Waals surface area contributed by atoms with Gasteiger partial charge >= 0.3 is 5.97 Å². The zero-order valence-corrected chi connectivity index (χ0v) is 12.5. The van der Waals surface area contributed by atoms with Crippen LogP contribution in [0.4, 0.5) is 10.1 Å². The normalized spacial score (nSPS) is 11.9. The van der Waals surface area contributed by atoms with Gasteiger partial charge < -0.3 is 4.74 Å². The Labute approximate surface area is 116 Å². The number of methoxy groups -OCH3 is 1. The first kappa shape index (κ1) is 15.6. The minimum Gasteiger partial charge on any atom is -0.465 e. The van der Waals surface area contributed by atoms with Crippen LogP contribution < -0.4 is 0 Å². The van der Waals surface area contributed by atoms with E-state index in [9.17, 15) is 9.18 Å². The Morgan fingerprint density at radius 2 is 2.00 bits per heavy atom. The highest BCUT2D eigenvalue weighted by Gasteiger charge is 2.16. The third kappa shape index (κ3) is 4.31. The number of nitrogens with zero attached hydrogens (tertiary/aromatic N) is 2. The van der Waals surface area contributed by atoms with Crippen molar-refractivity contribution in [2.45, 2.75) is 32.4 Å². The number of carbonyl (C=O) groups is 1. The minimum absolute atomic E-state index is 0.0691. The van der Waals surface area contributed by atoms with E-state index in [0.29, 0.717) is 11.1 Å². The number of rotatable bonds is 3. The Morgan fingerprint density at radius 1 is 1.37 bits per heavy atom. The molecule has 0 aromatic heterocycles. The highest BCUT2D eigenvalue weighted by Crippen LogP contribution is 2.30. The molecule has 104 valence electrons. The van der Waals surface area contributed by atoms with E-state index < -0.39 is 11.8 Å². The summed E-state index contributed by atoms with van der Waals surface area (Å²) < 4.78 is 22.1. The van der Waals surface area contributed by atoms with Gasteiger partial charge in [0.05, 0.1) is 12.7 Å². The molecule has 0 heterocycles. The molecule has 0 bridgehead atoms. The number of carbonyl (C=O) groups excluding carboxylic acids is 1. The Kier molecular flexibility index (Phi) is 5.05. The van der Waals surface area contributed by atoms with Crippen LogP contribution in [0.15, 0.2) is 21.8 Å². The van der Waals surface area contributed by atoms with Crippen molar-refractivity contribution in [3.05, 3.63) is 29.1 Å². The van der Waals surface area contributed by atoms with Crippen LogP contribution in [0.3, 0.4) is 0 Å². The van der Waals surface area contributed by atoms with Crippen LogP contribution in [0.5, 0.6) is 0 Å². The molecule has 0 saturated heterocycles. The molecule has 19 heavy (non-hydrogen) atoms. The average molecular weight is 284 g/mol. The first-order valence-electron chi connectivity index (χ1n) is 5.73. The van der Waals surface area contributed by atoms with Gasteiger partial charge in [0.15, 0.2) is 5.82 Å². The first-order valence-corrected chi connectivity index (χ1v) is 6.50. The number of hydrogen-bond donors (Lipinski definition) is 0. The fraction of sp³-hybridized carbons (Fsp3) is 0.462. The van der Waals surface area contributed by atoms with Gasteiger partial charge in [-0.05, 0) is 45.4 Å². The van der Waals surface area contributed by atoms with Gasteiger partial charge in [-0.2, -0.15) is 0 Å². The number of ether oxygens (including phenoxy) is 1. The second kappa shape index (κ2) is 6.14. The smallest absolute Gasteiger partial charge is 0.338 e. The average Bonchev–Trinajstić information content (AvgIpc) is 2.31. The molecule has 1 aromatic rings. The zero-order chi connectivity index (χ0) is 14.6. The number of halogens is 1. The van der Waals surface area contributed by atoms with E-state index in [-0.39, 0.29) is 10.4 Å². The third-order valence-corrected chi connectivity index (χ3v) is 2.95. The lowest BCUT2D eigenvalue weighted by Gasteiger charge is -2.11. The van der Waals surface area contributed by atoms with Gasteiger partial charge in [-0.3, -0.25) is 0 Å². The summed E-state index contributed by atoms with van der Waals surface area (Å²) >= 11 is 1.24. The number of hydrogen-bond acceptors (Lipinski definition) is 5. The van der Waals surface area contributed by atoms with Crippen LogP contribution in [0.25, 0.3) is 0 Å². The van der Waals surface area contributed by atoms with Crippen molar-refractivity contribution in [3.8, 4) is 0 Å². The van der Waals surface area contributed by atoms with E-state index in [1.54, 1.807) is 6.92 Å². The molecule has 0 spiro atoms. The molecule has 1 rings (SSSR count). The molecule has 0 aliphatic heterocycles. The highest BCUT2D eigenvalue weighted by molar-refractivity contribution is 7.99. The maximum atomic E-state index is 13.7. The summed E-state index contributed by atoms with van der Waals surface area (Å²) in [6.07, 6.45) is 0.